The van der Waals surface area contributed by atoms with Gasteiger partial charge in [0.15, 0.2) is 0 Å². The molecule has 0 unspecified atom stereocenters. The molecule has 4 nitrogen and oxygen atoms in total. The van der Waals surface area contributed by atoms with E-state index in [4.69, 9.17) is 4.74 Å². The normalized spacial score (nSPS) is 12.0. The summed E-state index contributed by atoms with van der Waals surface area (Å²) in [5.74, 6) is 0.0253. The topological polar surface area (TPSA) is 46.6 Å². The number of carbonyl (C=O) groups excluding carboxylic acids is 2. The fourth-order valence-corrected chi connectivity index (χ4v) is 2.91. The van der Waals surface area contributed by atoms with Gasteiger partial charge < -0.3 is 9.64 Å². The summed E-state index contributed by atoms with van der Waals surface area (Å²) in [4.78, 5) is 26.7. The van der Waals surface area contributed by atoms with Crippen LogP contribution >= 0.6 is 0 Å². The van der Waals surface area contributed by atoms with E-state index in [9.17, 15) is 9.59 Å². The van der Waals surface area contributed by atoms with Crippen molar-refractivity contribution in [2.45, 2.75) is 78.4 Å². The van der Waals surface area contributed by atoms with Crippen molar-refractivity contribution in [1.29, 1.82) is 0 Å². The molecule has 0 spiro atoms. The van der Waals surface area contributed by atoms with E-state index in [-0.39, 0.29) is 18.5 Å². The maximum atomic E-state index is 12.6. The number of hydrogen-bond donors (Lipinski definition) is 0. The van der Waals surface area contributed by atoms with E-state index in [1.807, 2.05) is 30.3 Å². The molecule has 1 aromatic rings. The number of nitrogens with zero attached hydrogens (tertiary/aromatic N) is 1. The molecule has 4 heteroatoms. The minimum atomic E-state index is -0.512. The molecule has 0 saturated heterocycles. The Morgan fingerprint density at radius 1 is 1.04 bits per heavy atom. The van der Waals surface area contributed by atoms with E-state index in [2.05, 4.69) is 20.8 Å². The summed E-state index contributed by atoms with van der Waals surface area (Å²) >= 11 is 0. The molecule has 1 rings (SSSR count). The fraction of sp³-hybridized carbons (Fsp3) is 0.636. The SMILES string of the molecule is CCCCCCCC(=O)N(C)[C@@H](CC(C)C)C(=O)OCc1ccccc1. The van der Waals surface area contributed by atoms with Gasteiger partial charge in [-0.1, -0.05) is 76.8 Å². The average molecular weight is 362 g/mol. The number of likely N-dealkylation sites (N-methyl/N-ethyl adjacent to an activating group) is 1. The summed E-state index contributed by atoms with van der Waals surface area (Å²) in [7, 11) is 1.73. The van der Waals surface area contributed by atoms with Crippen molar-refractivity contribution in [3.05, 3.63) is 35.9 Å². The van der Waals surface area contributed by atoms with Crippen LogP contribution in [0.1, 0.15) is 71.3 Å². The Balaban J connectivity index is 2.56. The number of rotatable bonds is 12. The first-order valence-electron chi connectivity index (χ1n) is 9.91. The Kier molecular flexibility index (Phi) is 10.7. The molecule has 0 fully saturated rings. The van der Waals surface area contributed by atoms with Crippen LogP contribution in [0.15, 0.2) is 30.3 Å². The zero-order valence-corrected chi connectivity index (χ0v) is 16.9. The third kappa shape index (κ3) is 8.50. The van der Waals surface area contributed by atoms with Gasteiger partial charge in [-0.25, -0.2) is 4.79 Å². The van der Waals surface area contributed by atoms with E-state index in [1.54, 1.807) is 11.9 Å². The van der Waals surface area contributed by atoms with Crippen molar-refractivity contribution in [1.82, 2.24) is 4.90 Å². The van der Waals surface area contributed by atoms with E-state index >= 15 is 0 Å². The number of unbranched alkanes of at least 4 members (excludes halogenated alkanes) is 4. The van der Waals surface area contributed by atoms with Gasteiger partial charge >= 0.3 is 5.97 Å². The number of hydrogen-bond acceptors (Lipinski definition) is 3. The summed E-state index contributed by atoms with van der Waals surface area (Å²) in [5, 5.41) is 0. The first kappa shape index (κ1) is 22.2. The Morgan fingerprint density at radius 3 is 2.31 bits per heavy atom. The number of ether oxygens (including phenoxy) is 1. The zero-order chi connectivity index (χ0) is 19.4. The van der Waals surface area contributed by atoms with E-state index in [0.717, 1.165) is 18.4 Å². The lowest BCUT2D eigenvalue weighted by molar-refractivity contribution is -0.156. The second-order valence-corrected chi connectivity index (χ2v) is 7.41. The van der Waals surface area contributed by atoms with Gasteiger partial charge in [-0.05, 0) is 24.3 Å². The second-order valence-electron chi connectivity index (χ2n) is 7.41. The summed E-state index contributed by atoms with van der Waals surface area (Å²) in [6.45, 7) is 6.53. The molecule has 146 valence electrons. The third-order valence-electron chi connectivity index (χ3n) is 4.55. The van der Waals surface area contributed by atoms with Gasteiger partial charge in [-0.2, -0.15) is 0 Å². The summed E-state index contributed by atoms with van der Waals surface area (Å²) in [5.41, 5.74) is 0.953. The molecule has 0 radical (unpaired) electrons. The average Bonchev–Trinajstić information content (AvgIpc) is 2.64. The van der Waals surface area contributed by atoms with Crippen LogP contribution in [0.3, 0.4) is 0 Å². The Morgan fingerprint density at radius 2 is 1.69 bits per heavy atom. The van der Waals surface area contributed by atoms with Gasteiger partial charge in [0.25, 0.3) is 0 Å². The van der Waals surface area contributed by atoms with Crippen molar-refractivity contribution in [2.24, 2.45) is 5.92 Å². The van der Waals surface area contributed by atoms with E-state index < -0.39 is 6.04 Å². The van der Waals surface area contributed by atoms with Gasteiger partial charge in [0.05, 0.1) is 0 Å². The maximum absolute atomic E-state index is 12.6. The molecule has 1 atom stereocenters. The van der Waals surface area contributed by atoms with Gasteiger partial charge in [0.1, 0.15) is 12.6 Å². The van der Waals surface area contributed by atoms with Crippen LogP contribution in [0.25, 0.3) is 0 Å². The Labute approximate surface area is 158 Å². The lowest BCUT2D eigenvalue weighted by Crippen LogP contribution is -2.44. The van der Waals surface area contributed by atoms with E-state index in [0.29, 0.717) is 18.8 Å². The molecule has 0 N–H and O–H groups in total. The zero-order valence-electron chi connectivity index (χ0n) is 16.9. The van der Waals surface area contributed by atoms with Gasteiger partial charge in [-0.3, -0.25) is 4.79 Å². The monoisotopic (exact) mass is 361 g/mol. The van der Waals surface area contributed by atoms with Gasteiger partial charge in [0, 0.05) is 13.5 Å². The fourth-order valence-electron chi connectivity index (χ4n) is 2.91. The molecule has 0 heterocycles. The molecule has 0 aliphatic heterocycles. The number of carbonyl (C=O) groups is 2. The number of benzene rings is 1. The molecule has 0 aliphatic rings. The van der Waals surface area contributed by atoms with Crippen molar-refractivity contribution in [3.63, 3.8) is 0 Å². The van der Waals surface area contributed by atoms with Crippen LogP contribution in [0.4, 0.5) is 0 Å². The first-order valence-corrected chi connectivity index (χ1v) is 9.91. The minimum absolute atomic E-state index is 0.0313. The second kappa shape index (κ2) is 12.5. The van der Waals surface area contributed by atoms with Gasteiger partial charge in [-0.15, -0.1) is 0 Å². The highest BCUT2D eigenvalue weighted by molar-refractivity contribution is 5.84. The van der Waals surface area contributed by atoms with Crippen LogP contribution in [0.5, 0.6) is 0 Å². The van der Waals surface area contributed by atoms with Crippen LogP contribution < -0.4 is 0 Å². The lowest BCUT2D eigenvalue weighted by Gasteiger charge is -2.28. The molecule has 0 aliphatic carbocycles. The smallest absolute Gasteiger partial charge is 0.329 e. The molecular weight excluding hydrogens is 326 g/mol. The highest BCUT2D eigenvalue weighted by Gasteiger charge is 2.28. The quantitative estimate of drug-likeness (QED) is 0.390. The standard InChI is InChI=1S/C22H35NO3/c1-5-6-7-8-12-15-21(24)23(4)20(16-18(2)3)22(25)26-17-19-13-10-9-11-14-19/h9-11,13-14,18,20H,5-8,12,15-17H2,1-4H3/t20-/m0/s1. The molecule has 1 amide bonds. The Hall–Kier alpha value is -1.84. The molecule has 26 heavy (non-hydrogen) atoms. The van der Waals surface area contributed by atoms with Crippen molar-refractivity contribution in [2.75, 3.05) is 7.05 Å². The largest absolute Gasteiger partial charge is 0.459 e. The van der Waals surface area contributed by atoms with Crippen molar-refractivity contribution >= 4 is 11.9 Å². The molecule has 0 bridgehead atoms. The van der Waals surface area contributed by atoms with Crippen molar-refractivity contribution < 1.29 is 14.3 Å². The molecule has 0 aromatic heterocycles. The predicted octanol–water partition coefficient (Wildman–Crippen LogP) is 4.96. The third-order valence-corrected chi connectivity index (χ3v) is 4.55. The van der Waals surface area contributed by atoms with Gasteiger partial charge in [0.2, 0.25) is 5.91 Å². The Bertz CT molecular complexity index is 527. The lowest BCUT2D eigenvalue weighted by atomic mass is 10.0. The molecule has 0 saturated carbocycles. The van der Waals surface area contributed by atoms with Crippen molar-refractivity contribution in [3.8, 4) is 0 Å². The molecule has 1 aromatic carbocycles. The summed E-state index contributed by atoms with van der Waals surface area (Å²) in [6.07, 6.45) is 6.65. The summed E-state index contributed by atoms with van der Waals surface area (Å²) < 4.78 is 5.49. The van der Waals surface area contributed by atoms with Crippen LogP contribution in [-0.4, -0.2) is 29.9 Å². The predicted molar refractivity (Wildman–Crippen MR) is 106 cm³/mol. The summed E-state index contributed by atoms with van der Waals surface area (Å²) in [6, 6.07) is 9.11. The number of esters is 1. The van der Waals surface area contributed by atoms with Crippen LogP contribution in [0, 0.1) is 5.92 Å². The highest BCUT2D eigenvalue weighted by Crippen LogP contribution is 2.16. The maximum Gasteiger partial charge on any atom is 0.329 e. The van der Waals surface area contributed by atoms with Crippen LogP contribution in [-0.2, 0) is 20.9 Å². The minimum Gasteiger partial charge on any atom is -0.459 e. The van der Waals surface area contributed by atoms with Crippen LogP contribution in [0.2, 0.25) is 0 Å². The molecular formula is C22H35NO3. The van der Waals surface area contributed by atoms with E-state index in [1.165, 1.54) is 19.3 Å². The number of amides is 1. The highest BCUT2D eigenvalue weighted by atomic mass is 16.5. The first-order chi connectivity index (χ1) is 12.5.